The number of nitrogens with one attached hydrogen (secondary N) is 1. The SMILES string of the molecule is CC(C)NC(=O)COc1ccc2c(c1)C(c1cccc(F)c1)N(C(=O)C(C)C)CC2. The number of carbonyl (C=O) groups excluding carboxylic acids is 2. The fourth-order valence-corrected chi connectivity index (χ4v) is 3.80. The van der Waals surface area contributed by atoms with Crippen LogP contribution in [0.15, 0.2) is 42.5 Å². The van der Waals surface area contributed by atoms with Crippen LogP contribution >= 0.6 is 0 Å². The molecule has 6 heteroatoms. The monoisotopic (exact) mass is 412 g/mol. The molecule has 0 bridgehead atoms. The van der Waals surface area contributed by atoms with E-state index in [1.807, 2.05) is 56.9 Å². The summed E-state index contributed by atoms with van der Waals surface area (Å²) in [6, 6.07) is 11.7. The molecule has 0 saturated carbocycles. The summed E-state index contributed by atoms with van der Waals surface area (Å²) in [4.78, 5) is 26.7. The van der Waals surface area contributed by atoms with Gasteiger partial charge in [-0.2, -0.15) is 0 Å². The van der Waals surface area contributed by atoms with Crippen molar-refractivity contribution in [2.24, 2.45) is 5.92 Å². The Kier molecular flexibility index (Phi) is 6.75. The number of hydrogen-bond donors (Lipinski definition) is 1. The van der Waals surface area contributed by atoms with Gasteiger partial charge in [-0.25, -0.2) is 4.39 Å². The average molecular weight is 413 g/mol. The minimum atomic E-state index is -0.396. The number of fused-ring (bicyclic) bond motifs is 1. The van der Waals surface area contributed by atoms with E-state index in [9.17, 15) is 14.0 Å². The van der Waals surface area contributed by atoms with E-state index in [-0.39, 0.29) is 36.2 Å². The van der Waals surface area contributed by atoms with E-state index in [4.69, 9.17) is 4.74 Å². The van der Waals surface area contributed by atoms with Gasteiger partial charge in [0.05, 0.1) is 6.04 Å². The Morgan fingerprint density at radius 2 is 1.93 bits per heavy atom. The number of benzene rings is 2. The van der Waals surface area contributed by atoms with Crippen LogP contribution in [-0.4, -0.2) is 35.9 Å². The fraction of sp³-hybridized carbons (Fsp3) is 0.417. The van der Waals surface area contributed by atoms with E-state index < -0.39 is 6.04 Å². The summed E-state index contributed by atoms with van der Waals surface area (Å²) in [6.07, 6.45) is 0.716. The third-order valence-electron chi connectivity index (χ3n) is 5.11. The van der Waals surface area contributed by atoms with Crippen molar-refractivity contribution >= 4 is 11.8 Å². The van der Waals surface area contributed by atoms with Crippen molar-refractivity contribution in [3.05, 3.63) is 65.0 Å². The van der Waals surface area contributed by atoms with E-state index in [1.165, 1.54) is 12.1 Å². The molecule has 2 aromatic rings. The first-order valence-electron chi connectivity index (χ1n) is 10.4. The minimum absolute atomic E-state index is 0.0255. The number of carbonyl (C=O) groups is 2. The van der Waals surface area contributed by atoms with Crippen molar-refractivity contribution in [2.75, 3.05) is 13.2 Å². The molecule has 0 aromatic heterocycles. The standard InChI is InChI=1S/C24H29FN2O3/c1-15(2)24(29)27-11-10-17-8-9-20(30-14-22(28)26-16(3)4)13-21(17)23(27)18-6-5-7-19(25)12-18/h5-9,12-13,15-16,23H,10-11,14H2,1-4H3,(H,26,28). The van der Waals surface area contributed by atoms with Crippen molar-refractivity contribution in [3.8, 4) is 5.75 Å². The highest BCUT2D eigenvalue weighted by molar-refractivity contribution is 5.80. The molecule has 2 aromatic carbocycles. The van der Waals surface area contributed by atoms with Crippen LogP contribution in [0.3, 0.4) is 0 Å². The number of ether oxygens (including phenoxy) is 1. The normalized spacial score (nSPS) is 15.8. The first-order valence-corrected chi connectivity index (χ1v) is 10.4. The fourth-order valence-electron chi connectivity index (χ4n) is 3.80. The van der Waals surface area contributed by atoms with Crippen LogP contribution in [0.2, 0.25) is 0 Å². The predicted octanol–water partition coefficient (Wildman–Crippen LogP) is 3.86. The van der Waals surface area contributed by atoms with Gasteiger partial charge in [-0.15, -0.1) is 0 Å². The zero-order chi connectivity index (χ0) is 21.8. The molecule has 1 atom stereocenters. The summed E-state index contributed by atoms with van der Waals surface area (Å²) in [6.45, 7) is 8.00. The summed E-state index contributed by atoms with van der Waals surface area (Å²) in [5, 5.41) is 2.79. The van der Waals surface area contributed by atoms with Gasteiger partial charge in [0.2, 0.25) is 5.91 Å². The van der Waals surface area contributed by atoms with Gasteiger partial charge in [0, 0.05) is 18.5 Å². The van der Waals surface area contributed by atoms with Gasteiger partial charge in [0.1, 0.15) is 11.6 Å². The molecule has 0 saturated heterocycles. The smallest absolute Gasteiger partial charge is 0.258 e. The molecule has 1 aliphatic rings. The first kappa shape index (κ1) is 21.8. The molecule has 30 heavy (non-hydrogen) atoms. The van der Waals surface area contributed by atoms with Crippen LogP contribution in [0.1, 0.15) is 50.4 Å². The van der Waals surface area contributed by atoms with Gasteiger partial charge in [0.15, 0.2) is 6.61 Å². The lowest BCUT2D eigenvalue weighted by Gasteiger charge is -2.39. The molecule has 5 nitrogen and oxygen atoms in total. The average Bonchev–Trinajstić information content (AvgIpc) is 2.70. The van der Waals surface area contributed by atoms with Gasteiger partial charge < -0.3 is 15.0 Å². The highest BCUT2D eigenvalue weighted by Gasteiger charge is 2.33. The van der Waals surface area contributed by atoms with E-state index in [0.717, 1.165) is 16.7 Å². The van der Waals surface area contributed by atoms with Crippen LogP contribution in [-0.2, 0) is 16.0 Å². The van der Waals surface area contributed by atoms with Crippen LogP contribution < -0.4 is 10.1 Å². The summed E-state index contributed by atoms with van der Waals surface area (Å²) in [5.74, 6) is -0.123. The lowest BCUT2D eigenvalue weighted by atomic mass is 9.87. The zero-order valence-corrected chi connectivity index (χ0v) is 17.9. The molecule has 3 rings (SSSR count). The molecular formula is C24H29FN2O3. The predicted molar refractivity (Wildman–Crippen MR) is 114 cm³/mol. The topological polar surface area (TPSA) is 58.6 Å². The molecule has 0 fully saturated rings. The van der Waals surface area contributed by atoms with E-state index in [2.05, 4.69) is 5.32 Å². The Morgan fingerprint density at radius 1 is 1.17 bits per heavy atom. The molecule has 160 valence electrons. The van der Waals surface area contributed by atoms with Crippen molar-refractivity contribution in [1.29, 1.82) is 0 Å². The molecule has 0 radical (unpaired) electrons. The Balaban J connectivity index is 1.95. The van der Waals surface area contributed by atoms with Gasteiger partial charge in [-0.1, -0.05) is 32.0 Å². The second-order valence-corrected chi connectivity index (χ2v) is 8.27. The van der Waals surface area contributed by atoms with Gasteiger partial charge >= 0.3 is 0 Å². The highest BCUT2D eigenvalue weighted by atomic mass is 19.1. The number of halogens is 1. The molecular weight excluding hydrogens is 383 g/mol. The van der Waals surface area contributed by atoms with Gasteiger partial charge in [0.25, 0.3) is 5.91 Å². The summed E-state index contributed by atoms with van der Waals surface area (Å²) in [7, 11) is 0. The molecule has 0 spiro atoms. The Bertz CT molecular complexity index is 926. The first-order chi connectivity index (χ1) is 14.3. The largest absolute Gasteiger partial charge is 0.484 e. The van der Waals surface area contributed by atoms with Crippen molar-refractivity contribution in [3.63, 3.8) is 0 Å². The maximum atomic E-state index is 14.0. The van der Waals surface area contributed by atoms with Crippen LogP contribution in [0.25, 0.3) is 0 Å². The number of nitrogens with zero attached hydrogens (tertiary/aromatic N) is 1. The van der Waals surface area contributed by atoms with Crippen LogP contribution in [0, 0.1) is 11.7 Å². The molecule has 1 heterocycles. The Morgan fingerprint density at radius 3 is 2.60 bits per heavy atom. The maximum Gasteiger partial charge on any atom is 0.258 e. The van der Waals surface area contributed by atoms with Crippen LogP contribution in [0.4, 0.5) is 4.39 Å². The van der Waals surface area contributed by atoms with E-state index >= 15 is 0 Å². The van der Waals surface area contributed by atoms with Crippen molar-refractivity contribution < 1.29 is 18.7 Å². The molecule has 1 N–H and O–H groups in total. The van der Waals surface area contributed by atoms with Crippen LogP contribution in [0.5, 0.6) is 5.75 Å². The highest BCUT2D eigenvalue weighted by Crippen LogP contribution is 2.38. The number of amides is 2. The number of hydrogen-bond acceptors (Lipinski definition) is 3. The second-order valence-electron chi connectivity index (χ2n) is 8.27. The summed E-state index contributed by atoms with van der Waals surface area (Å²) < 4.78 is 19.7. The second kappa shape index (κ2) is 9.28. The maximum absolute atomic E-state index is 14.0. The summed E-state index contributed by atoms with van der Waals surface area (Å²) >= 11 is 0. The zero-order valence-electron chi connectivity index (χ0n) is 17.9. The summed E-state index contributed by atoms with van der Waals surface area (Å²) in [5.41, 5.74) is 2.72. The quantitative estimate of drug-likeness (QED) is 0.784. The Labute approximate surface area is 177 Å². The minimum Gasteiger partial charge on any atom is -0.484 e. The lowest BCUT2D eigenvalue weighted by Crippen LogP contribution is -2.42. The Hall–Kier alpha value is -2.89. The third-order valence-corrected chi connectivity index (χ3v) is 5.11. The third kappa shape index (κ3) is 4.99. The van der Waals surface area contributed by atoms with E-state index in [0.29, 0.717) is 18.7 Å². The molecule has 1 aliphatic heterocycles. The van der Waals surface area contributed by atoms with Gasteiger partial charge in [-0.3, -0.25) is 9.59 Å². The lowest BCUT2D eigenvalue weighted by molar-refractivity contribution is -0.136. The molecule has 1 unspecified atom stereocenters. The van der Waals surface area contributed by atoms with Crippen molar-refractivity contribution in [2.45, 2.75) is 46.2 Å². The number of rotatable bonds is 6. The van der Waals surface area contributed by atoms with Gasteiger partial charge in [-0.05, 0) is 61.2 Å². The van der Waals surface area contributed by atoms with Crippen molar-refractivity contribution in [1.82, 2.24) is 10.2 Å². The van der Waals surface area contributed by atoms with E-state index in [1.54, 1.807) is 6.07 Å². The molecule has 2 amide bonds. The molecule has 0 aliphatic carbocycles.